The van der Waals surface area contributed by atoms with Crippen LogP contribution in [0.4, 0.5) is 0 Å². The molecule has 1 aromatic rings. The normalized spacial score (nSPS) is 27.8. The van der Waals surface area contributed by atoms with Crippen LogP contribution in [0.2, 0.25) is 0 Å². The Hall–Kier alpha value is -0.570. The number of nitrogens with one attached hydrogen (secondary N) is 1. The smallest absolute Gasteiger partial charge is 0.251 e. The SMILES string of the molecule is CCCS(=O)(=O)N1CCN(C2(CNC(=O)c3ccccc3)CCCCC(Cl)C2Cl)CC1.Cl. The molecule has 3 rings (SSSR count). The maximum atomic E-state index is 12.7. The van der Waals surface area contributed by atoms with E-state index in [1.807, 2.05) is 25.1 Å². The number of rotatable bonds is 7. The molecule has 0 radical (unpaired) electrons. The predicted octanol–water partition coefficient (Wildman–Crippen LogP) is 3.72. The molecule has 6 nitrogen and oxygen atoms in total. The molecule has 0 spiro atoms. The predicted molar refractivity (Wildman–Crippen MR) is 134 cm³/mol. The molecular formula is C22H34Cl3N3O3S. The molecule has 0 aromatic heterocycles. The second-order valence-corrected chi connectivity index (χ2v) is 11.6. The molecule has 1 aliphatic carbocycles. The van der Waals surface area contributed by atoms with Crippen LogP contribution in [0.15, 0.2) is 30.3 Å². The standard InChI is InChI=1S/C22H33Cl2N3O3S.ClH/c1-2-16-31(29,30)27-14-12-26(13-15-27)22(11-7-6-10-19(23)20(22)24)17-25-21(28)18-8-4-3-5-9-18;/h3-5,8-9,19-20H,2,6-7,10-17H2,1H3,(H,25,28);1H. The zero-order valence-electron chi connectivity index (χ0n) is 18.5. The molecule has 3 unspecified atom stereocenters. The third kappa shape index (κ3) is 6.30. The molecule has 1 amide bonds. The number of carbonyl (C=O) groups excluding carboxylic acids is 1. The number of nitrogens with zero attached hydrogens (tertiary/aromatic N) is 2. The molecule has 10 heteroatoms. The highest BCUT2D eigenvalue weighted by Crippen LogP contribution is 2.39. The van der Waals surface area contributed by atoms with Crippen LogP contribution in [-0.4, -0.2) is 78.3 Å². The fourth-order valence-corrected chi connectivity index (χ4v) is 7.08. The van der Waals surface area contributed by atoms with Gasteiger partial charge in [0.15, 0.2) is 0 Å². The molecule has 32 heavy (non-hydrogen) atoms. The summed E-state index contributed by atoms with van der Waals surface area (Å²) in [7, 11) is -3.22. The van der Waals surface area contributed by atoms with E-state index in [1.54, 1.807) is 16.4 Å². The first-order chi connectivity index (χ1) is 14.8. The third-order valence-electron chi connectivity index (χ3n) is 6.49. The van der Waals surface area contributed by atoms with E-state index in [2.05, 4.69) is 10.2 Å². The van der Waals surface area contributed by atoms with E-state index in [0.717, 1.165) is 25.7 Å². The Morgan fingerprint density at radius 2 is 1.78 bits per heavy atom. The summed E-state index contributed by atoms with van der Waals surface area (Å²) in [5, 5.41) is 2.56. The van der Waals surface area contributed by atoms with Crippen molar-refractivity contribution in [3.8, 4) is 0 Å². The van der Waals surface area contributed by atoms with Crippen molar-refractivity contribution in [2.45, 2.75) is 55.3 Å². The number of hydrogen-bond acceptors (Lipinski definition) is 4. The Kier molecular flexibility index (Phi) is 10.6. The molecule has 1 aromatic carbocycles. The largest absolute Gasteiger partial charge is 0.350 e. The monoisotopic (exact) mass is 525 g/mol. The zero-order chi connectivity index (χ0) is 22.5. The van der Waals surface area contributed by atoms with Gasteiger partial charge < -0.3 is 5.32 Å². The molecule has 2 aliphatic rings. The average Bonchev–Trinajstić information content (AvgIpc) is 2.92. The molecule has 2 fully saturated rings. The average molecular weight is 527 g/mol. The van der Waals surface area contributed by atoms with Crippen LogP contribution in [-0.2, 0) is 10.0 Å². The van der Waals surface area contributed by atoms with Gasteiger partial charge in [-0.05, 0) is 31.4 Å². The van der Waals surface area contributed by atoms with Gasteiger partial charge in [0.1, 0.15) is 0 Å². The van der Waals surface area contributed by atoms with Gasteiger partial charge >= 0.3 is 0 Å². The van der Waals surface area contributed by atoms with Crippen LogP contribution in [0.5, 0.6) is 0 Å². The number of carbonyl (C=O) groups is 1. The van der Waals surface area contributed by atoms with Crippen LogP contribution >= 0.6 is 35.6 Å². The lowest BCUT2D eigenvalue weighted by atomic mass is 9.86. The summed E-state index contributed by atoms with van der Waals surface area (Å²) in [4.78, 5) is 15.0. The lowest BCUT2D eigenvalue weighted by Gasteiger charge is -2.50. The van der Waals surface area contributed by atoms with E-state index in [4.69, 9.17) is 23.2 Å². The maximum absolute atomic E-state index is 12.7. The van der Waals surface area contributed by atoms with Gasteiger partial charge in [0.2, 0.25) is 10.0 Å². The quantitative estimate of drug-likeness (QED) is 0.434. The highest BCUT2D eigenvalue weighted by molar-refractivity contribution is 7.89. The summed E-state index contributed by atoms with van der Waals surface area (Å²) in [5.41, 5.74) is 0.102. The van der Waals surface area contributed by atoms with Crippen molar-refractivity contribution in [3.63, 3.8) is 0 Å². The summed E-state index contributed by atoms with van der Waals surface area (Å²) < 4.78 is 26.6. The number of benzene rings is 1. The fourth-order valence-electron chi connectivity index (χ4n) is 4.75. The van der Waals surface area contributed by atoms with Crippen LogP contribution in [0, 0.1) is 0 Å². The summed E-state index contributed by atoms with van der Waals surface area (Å²) in [6.07, 6.45) is 4.24. The van der Waals surface area contributed by atoms with Crippen molar-refractivity contribution in [3.05, 3.63) is 35.9 Å². The van der Waals surface area contributed by atoms with E-state index in [1.165, 1.54) is 0 Å². The van der Waals surface area contributed by atoms with Crippen molar-refractivity contribution in [2.75, 3.05) is 38.5 Å². The fraction of sp³-hybridized carbons (Fsp3) is 0.682. The van der Waals surface area contributed by atoms with Gasteiger partial charge in [-0.1, -0.05) is 38.0 Å². The van der Waals surface area contributed by atoms with Crippen molar-refractivity contribution in [1.29, 1.82) is 0 Å². The van der Waals surface area contributed by atoms with Gasteiger partial charge in [-0.2, -0.15) is 4.31 Å². The Balaban J connectivity index is 0.00000363. The maximum Gasteiger partial charge on any atom is 0.251 e. The number of amides is 1. The van der Waals surface area contributed by atoms with Gasteiger partial charge in [-0.15, -0.1) is 35.6 Å². The lowest BCUT2D eigenvalue weighted by molar-refractivity contribution is 0.0423. The molecule has 182 valence electrons. The number of halogens is 3. The van der Waals surface area contributed by atoms with Crippen LogP contribution in [0.3, 0.4) is 0 Å². The highest BCUT2D eigenvalue weighted by atomic mass is 35.5. The summed E-state index contributed by atoms with van der Waals surface area (Å²) in [5.74, 6) is 0.0380. The minimum atomic E-state index is -3.22. The molecule has 1 saturated carbocycles. The van der Waals surface area contributed by atoms with Crippen molar-refractivity contribution in [2.24, 2.45) is 0 Å². The van der Waals surface area contributed by atoms with E-state index in [9.17, 15) is 13.2 Å². The second kappa shape index (κ2) is 12.2. The first-order valence-electron chi connectivity index (χ1n) is 11.1. The molecular weight excluding hydrogens is 493 g/mol. The Labute approximate surface area is 208 Å². The number of piperazine rings is 1. The Morgan fingerprint density at radius 3 is 2.41 bits per heavy atom. The molecule has 1 N–H and O–H groups in total. The van der Waals surface area contributed by atoms with Crippen molar-refractivity contribution < 1.29 is 13.2 Å². The van der Waals surface area contributed by atoms with Crippen molar-refractivity contribution >= 4 is 51.5 Å². The van der Waals surface area contributed by atoms with Crippen molar-refractivity contribution in [1.82, 2.24) is 14.5 Å². The Morgan fingerprint density at radius 1 is 1.12 bits per heavy atom. The minimum Gasteiger partial charge on any atom is -0.350 e. The van der Waals surface area contributed by atoms with E-state index >= 15 is 0 Å². The van der Waals surface area contributed by atoms with Gasteiger partial charge in [0, 0.05) is 38.3 Å². The van der Waals surface area contributed by atoms with E-state index in [-0.39, 0.29) is 34.8 Å². The number of alkyl halides is 2. The number of sulfonamides is 1. The second-order valence-electron chi connectivity index (χ2n) is 8.52. The van der Waals surface area contributed by atoms with E-state index < -0.39 is 15.6 Å². The zero-order valence-corrected chi connectivity index (χ0v) is 21.7. The van der Waals surface area contributed by atoms with Crippen LogP contribution in [0.25, 0.3) is 0 Å². The molecule has 3 atom stereocenters. The summed E-state index contributed by atoms with van der Waals surface area (Å²) >= 11 is 13.6. The van der Waals surface area contributed by atoms with E-state index in [0.29, 0.717) is 44.7 Å². The minimum absolute atomic E-state index is 0. The summed E-state index contributed by atoms with van der Waals surface area (Å²) in [6, 6.07) is 9.13. The van der Waals surface area contributed by atoms with Gasteiger partial charge in [-0.25, -0.2) is 8.42 Å². The first kappa shape index (κ1) is 27.7. The lowest BCUT2D eigenvalue weighted by Crippen LogP contribution is -2.66. The van der Waals surface area contributed by atoms with Gasteiger partial charge in [-0.3, -0.25) is 9.69 Å². The van der Waals surface area contributed by atoms with Gasteiger partial charge in [0.25, 0.3) is 5.91 Å². The third-order valence-corrected chi connectivity index (χ3v) is 9.87. The van der Waals surface area contributed by atoms with Gasteiger partial charge in [0.05, 0.1) is 22.0 Å². The highest BCUT2D eigenvalue weighted by Gasteiger charge is 2.48. The number of hydrogen-bond donors (Lipinski definition) is 1. The topological polar surface area (TPSA) is 69.7 Å². The summed E-state index contributed by atoms with van der Waals surface area (Å²) in [6.45, 7) is 4.30. The molecule has 0 bridgehead atoms. The molecule has 1 saturated heterocycles. The molecule has 1 heterocycles. The Bertz CT molecular complexity index is 835. The molecule has 1 aliphatic heterocycles. The van der Waals surface area contributed by atoms with Crippen LogP contribution in [0.1, 0.15) is 49.4 Å². The first-order valence-corrected chi connectivity index (χ1v) is 13.6. The van der Waals surface area contributed by atoms with Crippen LogP contribution < -0.4 is 5.32 Å².